The lowest BCUT2D eigenvalue weighted by molar-refractivity contribution is -0.131. The average molecular weight is 394 g/mol. The van der Waals surface area contributed by atoms with Crippen molar-refractivity contribution in [3.8, 4) is 0 Å². The number of benzene rings is 1. The average Bonchev–Trinajstić information content (AvgIpc) is 2.61. The summed E-state index contributed by atoms with van der Waals surface area (Å²) in [6, 6.07) is 7.57. The maximum absolute atomic E-state index is 12.3. The predicted molar refractivity (Wildman–Crippen MR) is 112 cm³/mol. The van der Waals surface area contributed by atoms with E-state index in [2.05, 4.69) is 17.1 Å². The Morgan fingerprint density at radius 3 is 2.69 bits per heavy atom. The number of thiocarbonyl (C=S) groups is 1. The Kier molecular flexibility index (Phi) is 7.90. The highest BCUT2D eigenvalue weighted by Crippen LogP contribution is 2.20. The number of carbonyl (C=O) groups excluding carboxylic acids is 2. The van der Waals surface area contributed by atoms with Crippen LogP contribution in [0.15, 0.2) is 24.3 Å². The van der Waals surface area contributed by atoms with Gasteiger partial charge < -0.3 is 15.1 Å². The molecule has 0 spiro atoms. The lowest BCUT2D eigenvalue weighted by Gasteiger charge is -2.32. The molecule has 0 bridgehead atoms. The number of piperidine rings is 1. The van der Waals surface area contributed by atoms with Gasteiger partial charge >= 0.3 is 0 Å². The smallest absolute Gasteiger partial charge is 0.243 e. The maximum Gasteiger partial charge on any atom is 0.243 e. The van der Waals surface area contributed by atoms with Gasteiger partial charge in [0.2, 0.25) is 11.8 Å². The number of likely N-dealkylation sites (N-methyl/N-ethyl adjacent to an activating group) is 1. The molecule has 1 aliphatic rings. The summed E-state index contributed by atoms with van der Waals surface area (Å²) in [6.45, 7) is 6.19. The Bertz CT molecular complexity index is 649. The van der Waals surface area contributed by atoms with Gasteiger partial charge in [-0.25, -0.2) is 0 Å². The minimum Gasteiger partial charge on any atom is -0.357 e. The fourth-order valence-corrected chi connectivity index (χ4v) is 3.98. The number of hydrogen-bond donors (Lipinski definition) is 1. The summed E-state index contributed by atoms with van der Waals surface area (Å²) in [6.07, 6.45) is 2.39. The van der Waals surface area contributed by atoms with E-state index < -0.39 is 0 Å². The van der Waals surface area contributed by atoms with Crippen LogP contribution in [0.1, 0.15) is 25.3 Å². The van der Waals surface area contributed by atoms with E-state index in [9.17, 15) is 9.59 Å². The van der Waals surface area contributed by atoms with E-state index in [1.807, 2.05) is 31.2 Å². The zero-order valence-electron chi connectivity index (χ0n) is 15.7. The van der Waals surface area contributed by atoms with Crippen molar-refractivity contribution in [2.75, 3.05) is 37.8 Å². The quantitative estimate of drug-likeness (QED) is 0.779. The van der Waals surface area contributed by atoms with Crippen molar-refractivity contribution in [3.05, 3.63) is 29.8 Å². The number of nitrogens with zero attached hydrogens (tertiary/aromatic N) is 2. The zero-order chi connectivity index (χ0) is 19.1. The molecule has 1 saturated heterocycles. The van der Waals surface area contributed by atoms with Gasteiger partial charge in [0, 0.05) is 25.8 Å². The van der Waals surface area contributed by atoms with Gasteiger partial charge in [-0.05, 0) is 37.8 Å². The molecule has 2 rings (SSSR count). The highest BCUT2D eigenvalue weighted by molar-refractivity contribution is 8.23. The number of thioether (sulfide) groups is 1. The van der Waals surface area contributed by atoms with Crippen molar-refractivity contribution >= 4 is 45.8 Å². The fraction of sp³-hybridized carbons (Fsp3) is 0.526. The lowest BCUT2D eigenvalue weighted by Crippen LogP contribution is -2.39. The molecule has 1 heterocycles. The standard InChI is InChI=1S/C19H27N3O2S2/c1-14-6-8-16(9-7-14)20-17(23)12-21(3)18(24)13-26-19(25)22-10-4-5-15(2)11-22/h6-9,15H,4-5,10-13H2,1-3H3,(H,20,23)/t15-/m0/s1. The second kappa shape index (κ2) is 9.92. The number of nitrogens with one attached hydrogen (secondary N) is 1. The van der Waals surface area contributed by atoms with E-state index in [0.717, 1.165) is 35.1 Å². The van der Waals surface area contributed by atoms with Crippen LogP contribution in [0.3, 0.4) is 0 Å². The highest BCUT2D eigenvalue weighted by atomic mass is 32.2. The molecule has 1 aromatic carbocycles. The van der Waals surface area contributed by atoms with E-state index in [1.54, 1.807) is 7.05 Å². The summed E-state index contributed by atoms with van der Waals surface area (Å²) >= 11 is 6.84. The third-order valence-corrected chi connectivity index (χ3v) is 5.88. The van der Waals surface area contributed by atoms with Crippen molar-refractivity contribution in [3.63, 3.8) is 0 Å². The molecule has 0 aromatic heterocycles. The lowest BCUT2D eigenvalue weighted by atomic mass is 10.0. The molecular weight excluding hydrogens is 366 g/mol. The number of amides is 2. The van der Waals surface area contributed by atoms with E-state index in [1.165, 1.54) is 23.1 Å². The molecule has 1 aromatic rings. The molecule has 26 heavy (non-hydrogen) atoms. The molecule has 2 amide bonds. The van der Waals surface area contributed by atoms with Gasteiger partial charge in [-0.3, -0.25) is 9.59 Å². The Labute approximate surface area is 165 Å². The minimum absolute atomic E-state index is 0.0286. The highest BCUT2D eigenvalue weighted by Gasteiger charge is 2.20. The van der Waals surface area contributed by atoms with Crippen LogP contribution in [-0.2, 0) is 9.59 Å². The number of carbonyl (C=O) groups is 2. The van der Waals surface area contributed by atoms with Crippen LogP contribution >= 0.6 is 24.0 Å². The summed E-state index contributed by atoms with van der Waals surface area (Å²) in [4.78, 5) is 28.0. The van der Waals surface area contributed by atoms with Gasteiger partial charge in [0.25, 0.3) is 0 Å². The first kappa shape index (κ1) is 20.7. The van der Waals surface area contributed by atoms with E-state index in [0.29, 0.717) is 5.92 Å². The van der Waals surface area contributed by atoms with Crippen LogP contribution in [0, 0.1) is 12.8 Å². The van der Waals surface area contributed by atoms with Gasteiger partial charge in [-0.2, -0.15) is 0 Å². The van der Waals surface area contributed by atoms with E-state index >= 15 is 0 Å². The molecule has 0 aliphatic carbocycles. The van der Waals surface area contributed by atoms with E-state index in [4.69, 9.17) is 12.2 Å². The SMILES string of the molecule is Cc1ccc(NC(=O)CN(C)C(=O)CSC(=S)N2CCC[C@H](C)C2)cc1. The van der Waals surface area contributed by atoms with Gasteiger partial charge in [0.05, 0.1) is 12.3 Å². The van der Waals surface area contributed by atoms with Crippen molar-refractivity contribution in [1.82, 2.24) is 9.80 Å². The van der Waals surface area contributed by atoms with Crippen molar-refractivity contribution in [1.29, 1.82) is 0 Å². The first-order chi connectivity index (χ1) is 12.3. The Hall–Kier alpha value is -1.60. The Balaban J connectivity index is 1.73. The zero-order valence-corrected chi connectivity index (χ0v) is 17.3. The number of anilines is 1. The van der Waals surface area contributed by atoms with Gasteiger partial charge in [0.15, 0.2) is 0 Å². The van der Waals surface area contributed by atoms with Crippen LogP contribution in [0.5, 0.6) is 0 Å². The number of likely N-dealkylation sites (tertiary alicyclic amines) is 1. The summed E-state index contributed by atoms with van der Waals surface area (Å²) < 4.78 is 0.780. The van der Waals surface area contributed by atoms with Gasteiger partial charge in [-0.1, -0.05) is 48.6 Å². The summed E-state index contributed by atoms with van der Waals surface area (Å²) in [7, 11) is 1.64. The molecule has 7 heteroatoms. The molecule has 142 valence electrons. The largest absolute Gasteiger partial charge is 0.357 e. The molecule has 0 saturated carbocycles. The molecule has 0 radical (unpaired) electrons. The number of hydrogen-bond acceptors (Lipinski definition) is 4. The molecule has 0 unspecified atom stereocenters. The minimum atomic E-state index is -0.206. The van der Waals surface area contributed by atoms with Crippen molar-refractivity contribution in [2.24, 2.45) is 5.92 Å². The number of rotatable bonds is 5. The topological polar surface area (TPSA) is 52.7 Å². The van der Waals surface area contributed by atoms with Crippen LogP contribution < -0.4 is 5.32 Å². The van der Waals surface area contributed by atoms with Gasteiger partial charge in [0.1, 0.15) is 4.32 Å². The van der Waals surface area contributed by atoms with Crippen LogP contribution in [0.2, 0.25) is 0 Å². The molecule has 1 aliphatic heterocycles. The molecule has 1 fully saturated rings. The second-order valence-corrected chi connectivity index (χ2v) is 8.52. The first-order valence-corrected chi connectivity index (χ1v) is 10.3. The third kappa shape index (κ3) is 6.61. The third-order valence-electron chi connectivity index (χ3n) is 4.38. The van der Waals surface area contributed by atoms with Crippen LogP contribution in [0.25, 0.3) is 0 Å². The molecular formula is C19H27N3O2S2. The Morgan fingerprint density at radius 1 is 1.35 bits per heavy atom. The van der Waals surface area contributed by atoms with Crippen molar-refractivity contribution < 1.29 is 9.59 Å². The Morgan fingerprint density at radius 2 is 2.04 bits per heavy atom. The van der Waals surface area contributed by atoms with Crippen molar-refractivity contribution in [2.45, 2.75) is 26.7 Å². The van der Waals surface area contributed by atoms with E-state index in [-0.39, 0.29) is 24.1 Å². The maximum atomic E-state index is 12.3. The first-order valence-electron chi connectivity index (χ1n) is 8.87. The summed E-state index contributed by atoms with van der Waals surface area (Å²) in [5, 5.41) is 2.80. The predicted octanol–water partition coefficient (Wildman–Crippen LogP) is 3.14. The normalized spacial score (nSPS) is 16.9. The van der Waals surface area contributed by atoms with Crippen LogP contribution in [-0.4, -0.2) is 58.4 Å². The fourth-order valence-electron chi connectivity index (χ4n) is 2.82. The summed E-state index contributed by atoms with van der Waals surface area (Å²) in [5.74, 6) is 0.604. The molecule has 5 nitrogen and oxygen atoms in total. The number of aryl methyl sites for hydroxylation is 1. The summed E-state index contributed by atoms with van der Waals surface area (Å²) in [5.41, 5.74) is 1.86. The molecule has 1 atom stereocenters. The monoisotopic (exact) mass is 393 g/mol. The van der Waals surface area contributed by atoms with Crippen LogP contribution in [0.4, 0.5) is 5.69 Å². The van der Waals surface area contributed by atoms with Gasteiger partial charge in [-0.15, -0.1) is 0 Å². The second-order valence-electron chi connectivity index (χ2n) is 6.91. The molecule has 1 N–H and O–H groups in total.